The van der Waals surface area contributed by atoms with Crippen molar-refractivity contribution in [1.29, 1.82) is 5.26 Å². The SMILES string of the molecule is CN/C(C#N)=C(\C)c1cc(O)cc(/C=C/c2ccc(C(F)(F)F)cc2)c1. The van der Waals surface area contributed by atoms with Gasteiger partial charge in [0.05, 0.1) is 5.56 Å². The zero-order valence-corrected chi connectivity index (χ0v) is 14.2. The molecule has 0 bridgehead atoms. The van der Waals surface area contributed by atoms with E-state index >= 15 is 0 Å². The van der Waals surface area contributed by atoms with Crippen molar-refractivity contribution in [2.75, 3.05) is 7.05 Å². The number of halogens is 3. The van der Waals surface area contributed by atoms with Gasteiger partial charge in [0.2, 0.25) is 0 Å². The second kappa shape index (κ2) is 7.79. The summed E-state index contributed by atoms with van der Waals surface area (Å²) in [6.45, 7) is 1.76. The van der Waals surface area contributed by atoms with Crippen LogP contribution in [0.3, 0.4) is 0 Å². The van der Waals surface area contributed by atoms with Gasteiger partial charge in [0.15, 0.2) is 0 Å². The second-order valence-corrected chi connectivity index (χ2v) is 5.63. The number of phenols is 1. The molecule has 0 atom stereocenters. The fourth-order valence-corrected chi connectivity index (χ4v) is 2.39. The lowest BCUT2D eigenvalue weighted by Crippen LogP contribution is -2.05. The fraction of sp³-hybridized carbons (Fsp3) is 0.150. The fourth-order valence-electron chi connectivity index (χ4n) is 2.39. The van der Waals surface area contributed by atoms with E-state index in [2.05, 4.69) is 5.32 Å². The Labute approximate surface area is 149 Å². The van der Waals surface area contributed by atoms with Crippen LogP contribution in [0.25, 0.3) is 17.7 Å². The third-order valence-corrected chi connectivity index (χ3v) is 3.82. The quantitative estimate of drug-likeness (QED) is 0.594. The number of aromatic hydroxyl groups is 1. The van der Waals surface area contributed by atoms with Gasteiger partial charge in [-0.05, 0) is 59.5 Å². The molecule has 26 heavy (non-hydrogen) atoms. The van der Waals surface area contributed by atoms with Gasteiger partial charge in [-0.3, -0.25) is 0 Å². The molecule has 0 radical (unpaired) electrons. The number of hydrogen-bond acceptors (Lipinski definition) is 3. The first-order chi connectivity index (χ1) is 12.2. The normalized spacial score (nSPS) is 12.6. The third kappa shape index (κ3) is 4.67. The predicted molar refractivity (Wildman–Crippen MR) is 95.7 cm³/mol. The highest BCUT2D eigenvalue weighted by Gasteiger charge is 2.29. The van der Waals surface area contributed by atoms with E-state index in [1.54, 1.807) is 38.3 Å². The second-order valence-electron chi connectivity index (χ2n) is 5.63. The number of benzene rings is 2. The Hall–Kier alpha value is -3.20. The molecule has 0 fully saturated rings. The van der Waals surface area contributed by atoms with Crippen molar-refractivity contribution in [2.24, 2.45) is 0 Å². The van der Waals surface area contributed by atoms with E-state index in [1.807, 2.05) is 6.07 Å². The highest BCUT2D eigenvalue weighted by atomic mass is 19.4. The molecule has 2 aromatic rings. The molecule has 2 aromatic carbocycles. The van der Waals surface area contributed by atoms with Crippen LogP contribution in [-0.2, 0) is 6.18 Å². The van der Waals surface area contributed by atoms with Gasteiger partial charge in [-0.1, -0.05) is 24.3 Å². The maximum Gasteiger partial charge on any atom is 0.416 e. The van der Waals surface area contributed by atoms with Gasteiger partial charge in [0.1, 0.15) is 17.5 Å². The van der Waals surface area contributed by atoms with Crippen molar-refractivity contribution >= 4 is 17.7 Å². The first kappa shape index (κ1) is 19.1. The van der Waals surface area contributed by atoms with Crippen molar-refractivity contribution < 1.29 is 18.3 Å². The van der Waals surface area contributed by atoms with Gasteiger partial charge < -0.3 is 10.4 Å². The number of allylic oxidation sites excluding steroid dienone is 2. The van der Waals surface area contributed by atoms with E-state index in [1.165, 1.54) is 18.2 Å². The van der Waals surface area contributed by atoms with Crippen LogP contribution in [0.5, 0.6) is 5.75 Å². The largest absolute Gasteiger partial charge is 0.508 e. The van der Waals surface area contributed by atoms with Crippen LogP contribution < -0.4 is 5.32 Å². The van der Waals surface area contributed by atoms with Crippen LogP contribution in [0.4, 0.5) is 13.2 Å². The van der Waals surface area contributed by atoms with Crippen LogP contribution in [0.15, 0.2) is 48.2 Å². The summed E-state index contributed by atoms with van der Waals surface area (Å²) in [4.78, 5) is 0. The zero-order chi connectivity index (χ0) is 19.3. The number of nitrogens with zero attached hydrogens (tertiary/aromatic N) is 1. The maximum atomic E-state index is 12.6. The van der Waals surface area contributed by atoms with Gasteiger partial charge in [-0.2, -0.15) is 18.4 Å². The molecule has 6 heteroatoms. The standard InChI is InChI=1S/C20H17F3N2O/c1-13(19(12-24)25-2)16-9-15(10-18(26)11-16)4-3-14-5-7-17(8-6-14)20(21,22)23/h3-11,25-26H,1-2H3/b4-3+,19-13+. The van der Waals surface area contributed by atoms with Crippen molar-refractivity contribution in [2.45, 2.75) is 13.1 Å². The zero-order valence-electron chi connectivity index (χ0n) is 14.2. The van der Waals surface area contributed by atoms with E-state index in [4.69, 9.17) is 5.26 Å². The van der Waals surface area contributed by atoms with Gasteiger partial charge >= 0.3 is 6.18 Å². The third-order valence-electron chi connectivity index (χ3n) is 3.82. The summed E-state index contributed by atoms with van der Waals surface area (Å²) in [6, 6.07) is 11.7. The number of alkyl halides is 3. The van der Waals surface area contributed by atoms with Crippen LogP contribution in [-0.4, -0.2) is 12.2 Å². The lowest BCUT2D eigenvalue weighted by molar-refractivity contribution is -0.137. The highest BCUT2D eigenvalue weighted by molar-refractivity contribution is 5.76. The van der Waals surface area contributed by atoms with Gasteiger partial charge in [-0.15, -0.1) is 0 Å². The summed E-state index contributed by atoms with van der Waals surface area (Å²) in [5, 5.41) is 21.8. The van der Waals surface area contributed by atoms with Crippen LogP contribution in [0.2, 0.25) is 0 Å². The van der Waals surface area contributed by atoms with Crippen LogP contribution >= 0.6 is 0 Å². The van der Waals surface area contributed by atoms with E-state index in [0.717, 1.165) is 12.1 Å². The number of rotatable bonds is 4. The summed E-state index contributed by atoms with van der Waals surface area (Å²) >= 11 is 0. The van der Waals surface area contributed by atoms with Crippen molar-refractivity contribution in [1.82, 2.24) is 5.32 Å². The molecule has 134 valence electrons. The average molecular weight is 358 g/mol. The van der Waals surface area contributed by atoms with Crippen molar-refractivity contribution in [3.05, 3.63) is 70.4 Å². The number of phenolic OH excluding ortho intramolecular Hbond substituents is 1. The number of nitriles is 1. The van der Waals surface area contributed by atoms with Crippen molar-refractivity contribution in [3.8, 4) is 11.8 Å². The molecule has 0 aliphatic carbocycles. The maximum absolute atomic E-state index is 12.6. The molecular formula is C20H17F3N2O. The Bertz CT molecular complexity index is 889. The summed E-state index contributed by atoms with van der Waals surface area (Å²) in [6.07, 6.45) is -1.02. The van der Waals surface area contributed by atoms with Crippen molar-refractivity contribution in [3.63, 3.8) is 0 Å². The predicted octanol–water partition coefficient (Wildman–Crippen LogP) is 5.06. The van der Waals surface area contributed by atoms with E-state index in [-0.39, 0.29) is 5.75 Å². The lowest BCUT2D eigenvalue weighted by atomic mass is 10.0. The first-order valence-electron chi connectivity index (χ1n) is 7.73. The summed E-state index contributed by atoms with van der Waals surface area (Å²) in [5.74, 6) is 0.0299. The molecule has 3 nitrogen and oxygen atoms in total. The Morgan fingerprint density at radius 1 is 1.08 bits per heavy atom. The molecule has 0 saturated heterocycles. The minimum absolute atomic E-state index is 0.0299. The number of hydrogen-bond donors (Lipinski definition) is 2. The van der Waals surface area contributed by atoms with E-state index in [9.17, 15) is 18.3 Å². The molecule has 0 amide bonds. The van der Waals surface area contributed by atoms with Gasteiger partial charge in [0, 0.05) is 7.05 Å². The molecule has 0 aromatic heterocycles. The van der Waals surface area contributed by atoms with E-state index < -0.39 is 11.7 Å². The molecule has 0 saturated carbocycles. The Morgan fingerprint density at radius 2 is 1.69 bits per heavy atom. The lowest BCUT2D eigenvalue weighted by Gasteiger charge is -2.08. The molecular weight excluding hydrogens is 341 g/mol. The minimum Gasteiger partial charge on any atom is -0.508 e. The highest BCUT2D eigenvalue weighted by Crippen LogP contribution is 2.29. The Balaban J connectivity index is 2.31. The molecule has 0 heterocycles. The smallest absolute Gasteiger partial charge is 0.416 e. The number of nitrogens with one attached hydrogen (secondary N) is 1. The first-order valence-corrected chi connectivity index (χ1v) is 7.73. The van der Waals surface area contributed by atoms with Crippen LogP contribution in [0, 0.1) is 11.3 Å². The summed E-state index contributed by atoms with van der Waals surface area (Å²) in [7, 11) is 1.64. The van der Waals surface area contributed by atoms with E-state index in [0.29, 0.717) is 28.0 Å². The summed E-state index contributed by atoms with van der Waals surface area (Å²) in [5.41, 5.74) is 2.29. The molecule has 0 aliphatic heterocycles. The molecule has 0 aliphatic rings. The molecule has 2 rings (SSSR count). The topological polar surface area (TPSA) is 56.0 Å². The summed E-state index contributed by atoms with van der Waals surface area (Å²) < 4.78 is 37.7. The van der Waals surface area contributed by atoms with Gasteiger partial charge in [0.25, 0.3) is 0 Å². The Kier molecular flexibility index (Phi) is 5.73. The van der Waals surface area contributed by atoms with Gasteiger partial charge in [-0.25, -0.2) is 0 Å². The molecule has 2 N–H and O–H groups in total. The Morgan fingerprint density at radius 3 is 2.23 bits per heavy atom. The molecule has 0 spiro atoms. The monoisotopic (exact) mass is 358 g/mol. The molecule has 0 unspecified atom stereocenters. The average Bonchev–Trinajstić information content (AvgIpc) is 2.60. The minimum atomic E-state index is -4.36. The van der Waals surface area contributed by atoms with Crippen LogP contribution in [0.1, 0.15) is 29.2 Å².